The molecule has 4 rings (SSSR count). The Labute approximate surface area is 151 Å². The third kappa shape index (κ3) is 3.17. The molecule has 7 heteroatoms. The molecule has 0 radical (unpaired) electrons. The van der Waals surface area contributed by atoms with E-state index in [0.29, 0.717) is 0 Å². The van der Waals surface area contributed by atoms with Gasteiger partial charge in [0.1, 0.15) is 5.82 Å². The number of anilines is 1. The summed E-state index contributed by atoms with van der Waals surface area (Å²) >= 11 is 1.70. The molecule has 1 aliphatic heterocycles. The fourth-order valence-corrected chi connectivity index (χ4v) is 3.91. The number of aromatic nitrogens is 4. The monoisotopic (exact) mass is 354 g/mol. The molecular weight excluding hydrogens is 332 g/mol. The molecule has 130 valence electrons. The van der Waals surface area contributed by atoms with Crippen molar-refractivity contribution < 1.29 is 0 Å². The van der Waals surface area contributed by atoms with Crippen LogP contribution in [-0.2, 0) is 7.05 Å². The van der Waals surface area contributed by atoms with Gasteiger partial charge in [0.15, 0.2) is 0 Å². The van der Waals surface area contributed by atoms with E-state index in [2.05, 4.69) is 44.2 Å². The van der Waals surface area contributed by atoms with Crippen LogP contribution < -0.4 is 4.90 Å². The highest BCUT2D eigenvalue weighted by Crippen LogP contribution is 2.33. The van der Waals surface area contributed by atoms with Crippen LogP contribution in [0.2, 0.25) is 0 Å². The van der Waals surface area contributed by atoms with Gasteiger partial charge in [-0.25, -0.2) is 15.0 Å². The van der Waals surface area contributed by atoms with E-state index in [1.54, 1.807) is 11.3 Å². The van der Waals surface area contributed by atoms with Crippen LogP contribution in [0.15, 0.2) is 36.1 Å². The molecule has 0 aliphatic carbocycles. The van der Waals surface area contributed by atoms with Crippen LogP contribution in [0.4, 0.5) is 5.95 Å². The normalized spacial score (nSPS) is 15.7. The van der Waals surface area contributed by atoms with Gasteiger partial charge in [0, 0.05) is 51.8 Å². The number of thiophene rings is 1. The molecule has 4 heterocycles. The number of aryl methyl sites for hydroxylation is 1. The Hall–Kier alpha value is -2.25. The van der Waals surface area contributed by atoms with Gasteiger partial charge in [-0.2, -0.15) is 0 Å². The van der Waals surface area contributed by atoms with E-state index in [9.17, 15) is 0 Å². The summed E-state index contributed by atoms with van der Waals surface area (Å²) in [6.07, 6.45) is 5.68. The first kappa shape index (κ1) is 16.2. The maximum atomic E-state index is 4.94. The van der Waals surface area contributed by atoms with Crippen LogP contribution in [0.5, 0.6) is 0 Å². The second kappa shape index (κ2) is 6.93. The molecule has 0 saturated carbocycles. The average molecular weight is 354 g/mol. The number of imidazole rings is 1. The first-order valence-corrected chi connectivity index (χ1v) is 9.50. The molecule has 1 aliphatic rings. The predicted octanol–water partition coefficient (Wildman–Crippen LogP) is 2.75. The molecule has 6 nitrogen and oxygen atoms in total. The molecule has 25 heavy (non-hydrogen) atoms. The molecule has 0 amide bonds. The molecular formula is C18H22N6S. The quantitative estimate of drug-likeness (QED) is 0.721. The Morgan fingerprint density at radius 2 is 2.00 bits per heavy atom. The Kier molecular flexibility index (Phi) is 4.50. The molecule has 0 aromatic carbocycles. The Morgan fingerprint density at radius 3 is 2.64 bits per heavy atom. The Bertz CT molecular complexity index is 833. The third-order valence-electron chi connectivity index (χ3n) is 4.70. The summed E-state index contributed by atoms with van der Waals surface area (Å²) in [5.74, 6) is 1.71. The molecule has 1 fully saturated rings. The summed E-state index contributed by atoms with van der Waals surface area (Å²) < 4.78 is 2.01. The lowest BCUT2D eigenvalue weighted by atomic mass is 10.2. The number of piperazine rings is 1. The summed E-state index contributed by atoms with van der Waals surface area (Å²) in [7, 11) is 2.00. The van der Waals surface area contributed by atoms with Crippen molar-refractivity contribution >= 4 is 17.3 Å². The Morgan fingerprint density at radius 1 is 1.16 bits per heavy atom. The van der Waals surface area contributed by atoms with E-state index >= 15 is 0 Å². The minimum atomic E-state index is 0.817. The van der Waals surface area contributed by atoms with E-state index in [1.165, 1.54) is 0 Å². The number of hydrogen-bond donors (Lipinski definition) is 0. The number of hydrogen-bond acceptors (Lipinski definition) is 6. The summed E-state index contributed by atoms with van der Waals surface area (Å²) in [4.78, 5) is 20.0. The van der Waals surface area contributed by atoms with Gasteiger partial charge < -0.3 is 14.4 Å². The largest absolute Gasteiger partial charge is 0.338 e. The van der Waals surface area contributed by atoms with Gasteiger partial charge >= 0.3 is 0 Å². The summed E-state index contributed by atoms with van der Waals surface area (Å²) in [5.41, 5.74) is 1.94. The minimum Gasteiger partial charge on any atom is -0.338 e. The van der Waals surface area contributed by atoms with E-state index < -0.39 is 0 Å². The van der Waals surface area contributed by atoms with Gasteiger partial charge in [0.2, 0.25) is 5.95 Å². The van der Waals surface area contributed by atoms with Crippen LogP contribution >= 0.6 is 11.3 Å². The van der Waals surface area contributed by atoms with Crippen LogP contribution in [0.1, 0.15) is 6.92 Å². The average Bonchev–Trinajstić information content (AvgIpc) is 3.33. The molecule has 3 aromatic heterocycles. The maximum absolute atomic E-state index is 4.94. The Balaban J connectivity index is 1.72. The fraction of sp³-hybridized carbons (Fsp3) is 0.389. The van der Waals surface area contributed by atoms with Gasteiger partial charge in [-0.3, -0.25) is 0 Å². The second-order valence-corrected chi connectivity index (χ2v) is 7.14. The van der Waals surface area contributed by atoms with Crippen molar-refractivity contribution in [1.29, 1.82) is 0 Å². The SMILES string of the molecule is CCN1CCN(c2ncc(-c3nccn3C)c(-c3cccs3)n2)CC1. The van der Waals surface area contributed by atoms with Crippen LogP contribution in [0.3, 0.4) is 0 Å². The molecule has 1 saturated heterocycles. The zero-order chi connectivity index (χ0) is 17.2. The molecule has 0 spiro atoms. The van der Waals surface area contributed by atoms with E-state index in [1.807, 2.05) is 30.2 Å². The lowest BCUT2D eigenvalue weighted by Gasteiger charge is -2.34. The first-order chi connectivity index (χ1) is 12.3. The van der Waals surface area contributed by atoms with Gasteiger partial charge in [0.05, 0.1) is 16.1 Å². The fourth-order valence-electron chi connectivity index (χ4n) is 3.18. The van der Waals surface area contributed by atoms with Crippen LogP contribution in [-0.4, -0.2) is 57.1 Å². The molecule has 3 aromatic rings. The first-order valence-electron chi connectivity index (χ1n) is 8.62. The summed E-state index contributed by atoms with van der Waals surface area (Å²) in [5, 5.41) is 2.08. The zero-order valence-corrected chi connectivity index (χ0v) is 15.4. The maximum Gasteiger partial charge on any atom is 0.226 e. The van der Waals surface area contributed by atoms with Crippen molar-refractivity contribution in [3.05, 3.63) is 36.1 Å². The smallest absolute Gasteiger partial charge is 0.226 e. The van der Waals surface area contributed by atoms with Crippen LogP contribution in [0, 0.1) is 0 Å². The lowest BCUT2D eigenvalue weighted by Crippen LogP contribution is -2.46. The van der Waals surface area contributed by atoms with E-state index in [4.69, 9.17) is 4.98 Å². The minimum absolute atomic E-state index is 0.817. The molecule has 0 atom stereocenters. The highest BCUT2D eigenvalue weighted by atomic mass is 32.1. The molecule has 0 N–H and O–H groups in total. The third-order valence-corrected chi connectivity index (χ3v) is 5.57. The molecule has 0 bridgehead atoms. The van der Waals surface area contributed by atoms with E-state index in [0.717, 1.165) is 60.6 Å². The van der Waals surface area contributed by atoms with Gasteiger partial charge in [-0.15, -0.1) is 11.3 Å². The highest BCUT2D eigenvalue weighted by Gasteiger charge is 2.21. The van der Waals surface area contributed by atoms with Crippen molar-refractivity contribution in [1.82, 2.24) is 24.4 Å². The number of rotatable bonds is 4. The summed E-state index contributed by atoms with van der Waals surface area (Å²) in [6, 6.07) is 4.17. The summed E-state index contributed by atoms with van der Waals surface area (Å²) in [6.45, 7) is 7.39. The van der Waals surface area contributed by atoms with Crippen molar-refractivity contribution in [2.75, 3.05) is 37.6 Å². The second-order valence-electron chi connectivity index (χ2n) is 6.19. The van der Waals surface area contributed by atoms with Gasteiger partial charge in [-0.1, -0.05) is 13.0 Å². The predicted molar refractivity (Wildman–Crippen MR) is 102 cm³/mol. The molecule has 0 unspecified atom stereocenters. The van der Waals surface area contributed by atoms with Crippen molar-refractivity contribution in [3.8, 4) is 22.0 Å². The van der Waals surface area contributed by atoms with Crippen LogP contribution in [0.25, 0.3) is 22.0 Å². The van der Waals surface area contributed by atoms with Gasteiger partial charge in [-0.05, 0) is 18.0 Å². The highest BCUT2D eigenvalue weighted by molar-refractivity contribution is 7.13. The van der Waals surface area contributed by atoms with Crippen molar-refractivity contribution in [2.24, 2.45) is 7.05 Å². The number of nitrogens with zero attached hydrogens (tertiary/aromatic N) is 6. The topological polar surface area (TPSA) is 50.1 Å². The van der Waals surface area contributed by atoms with Gasteiger partial charge in [0.25, 0.3) is 0 Å². The van der Waals surface area contributed by atoms with E-state index in [-0.39, 0.29) is 0 Å². The zero-order valence-electron chi connectivity index (χ0n) is 14.6. The van der Waals surface area contributed by atoms with Crippen molar-refractivity contribution in [2.45, 2.75) is 6.92 Å². The van der Waals surface area contributed by atoms with Crippen molar-refractivity contribution in [3.63, 3.8) is 0 Å². The number of likely N-dealkylation sites (N-methyl/N-ethyl adjacent to an activating group) is 1. The lowest BCUT2D eigenvalue weighted by molar-refractivity contribution is 0.270. The standard InChI is InChI=1S/C18H22N6S/c1-3-23-8-10-24(11-9-23)18-20-13-14(17-19-6-7-22(17)2)16(21-18)15-5-4-12-25-15/h4-7,12-13H,3,8-11H2,1-2H3.